The number of nitro groups is 1. The fourth-order valence-electron chi connectivity index (χ4n) is 4.05. The molecule has 1 heterocycles. The Kier molecular flexibility index (Phi) is 4.84. The van der Waals surface area contributed by atoms with Crippen molar-refractivity contribution in [3.8, 4) is 5.75 Å². The highest BCUT2D eigenvalue weighted by molar-refractivity contribution is 6.34. The van der Waals surface area contributed by atoms with E-state index in [1.807, 2.05) is 0 Å². The van der Waals surface area contributed by atoms with E-state index in [1.165, 1.54) is 35.2 Å². The number of hydrogen-bond acceptors (Lipinski definition) is 5. The van der Waals surface area contributed by atoms with E-state index >= 15 is 0 Å². The van der Waals surface area contributed by atoms with E-state index in [4.69, 9.17) is 11.6 Å². The van der Waals surface area contributed by atoms with Crippen molar-refractivity contribution in [2.75, 3.05) is 4.90 Å². The molecule has 2 aromatic carbocycles. The molecule has 0 aromatic heterocycles. The smallest absolute Gasteiger partial charge is 0.271 e. The van der Waals surface area contributed by atoms with Crippen LogP contribution < -0.4 is 4.90 Å². The fraction of sp³-hybridized carbons (Fsp3) is 0.238. The number of anilines is 1. The first-order chi connectivity index (χ1) is 13.9. The van der Waals surface area contributed by atoms with Gasteiger partial charge in [0.2, 0.25) is 5.91 Å². The van der Waals surface area contributed by atoms with Crippen molar-refractivity contribution in [3.05, 3.63) is 74.4 Å². The molecule has 7 nitrogen and oxygen atoms in total. The molecule has 1 aliphatic carbocycles. The number of hydrogen-bond donors (Lipinski definition) is 1. The van der Waals surface area contributed by atoms with Gasteiger partial charge in [-0.15, -0.1) is 0 Å². The number of halogens is 1. The molecule has 0 bridgehead atoms. The van der Waals surface area contributed by atoms with Gasteiger partial charge in [-0.2, -0.15) is 0 Å². The van der Waals surface area contributed by atoms with Gasteiger partial charge in [0.05, 0.1) is 15.6 Å². The quantitative estimate of drug-likeness (QED) is 0.591. The largest absolute Gasteiger partial charge is 0.508 e. The summed E-state index contributed by atoms with van der Waals surface area (Å²) in [5.74, 6) is -0.523. The van der Waals surface area contributed by atoms with E-state index < -0.39 is 4.92 Å². The Morgan fingerprint density at radius 1 is 1.10 bits per heavy atom. The number of ketones is 1. The zero-order valence-corrected chi connectivity index (χ0v) is 16.1. The van der Waals surface area contributed by atoms with Gasteiger partial charge in [0.15, 0.2) is 5.78 Å². The Hall–Kier alpha value is -3.19. The lowest BCUT2D eigenvalue weighted by Gasteiger charge is -2.38. The average Bonchev–Trinajstić information content (AvgIpc) is 2.68. The maximum atomic E-state index is 13.1. The summed E-state index contributed by atoms with van der Waals surface area (Å²) in [7, 11) is 0. The van der Waals surface area contributed by atoms with Gasteiger partial charge in [-0.25, -0.2) is 0 Å². The average molecular weight is 413 g/mol. The van der Waals surface area contributed by atoms with Gasteiger partial charge >= 0.3 is 0 Å². The Morgan fingerprint density at radius 2 is 1.83 bits per heavy atom. The third-order valence-electron chi connectivity index (χ3n) is 5.35. The molecule has 1 atom stereocenters. The molecule has 0 saturated carbocycles. The number of benzene rings is 2. The summed E-state index contributed by atoms with van der Waals surface area (Å²) in [6.07, 6.45) is 1.63. The molecule has 1 amide bonds. The highest BCUT2D eigenvalue weighted by atomic mass is 35.5. The van der Waals surface area contributed by atoms with Crippen LogP contribution >= 0.6 is 11.6 Å². The standard InChI is InChI=1S/C21H17ClN2O5/c22-16-10-13(24(28)29)6-9-17(16)23-18-2-1-3-19(26)21(18)15(11-20(23)27)12-4-7-14(25)8-5-12/h4-10,15,25H,1-3,11H2. The van der Waals surface area contributed by atoms with Gasteiger partial charge in [0, 0.05) is 42.2 Å². The number of amides is 1. The number of rotatable bonds is 3. The number of carbonyl (C=O) groups is 2. The van der Waals surface area contributed by atoms with E-state index in [2.05, 4.69) is 0 Å². The molecule has 0 saturated heterocycles. The predicted molar refractivity (Wildman–Crippen MR) is 107 cm³/mol. The van der Waals surface area contributed by atoms with Crippen LogP contribution in [0.1, 0.15) is 37.2 Å². The third-order valence-corrected chi connectivity index (χ3v) is 5.66. The predicted octanol–water partition coefficient (Wildman–Crippen LogP) is 4.48. The minimum Gasteiger partial charge on any atom is -0.508 e. The van der Waals surface area contributed by atoms with Gasteiger partial charge in [0.1, 0.15) is 5.75 Å². The van der Waals surface area contributed by atoms with Gasteiger partial charge in [-0.05, 0) is 36.6 Å². The van der Waals surface area contributed by atoms with Crippen LogP contribution in [0, 0.1) is 10.1 Å². The molecule has 1 aliphatic heterocycles. The molecule has 2 aliphatic rings. The normalized spacial score (nSPS) is 19.3. The molecular weight excluding hydrogens is 396 g/mol. The van der Waals surface area contributed by atoms with Crippen LogP contribution in [0.2, 0.25) is 5.02 Å². The van der Waals surface area contributed by atoms with Crippen LogP contribution in [-0.2, 0) is 9.59 Å². The number of nitro benzene ring substituents is 1. The van der Waals surface area contributed by atoms with Crippen LogP contribution in [0.3, 0.4) is 0 Å². The van der Waals surface area contributed by atoms with Crippen molar-refractivity contribution in [2.45, 2.75) is 31.6 Å². The van der Waals surface area contributed by atoms with E-state index in [1.54, 1.807) is 12.1 Å². The number of allylic oxidation sites excluding steroid dienone is 2. The summed E-state index contributed by atoms with van der Waals surface area (Å²) in [4.78, 5) is 37.8. The van der Waals surface area contributed by atoms with E-state index in [0.29, 0.717) is 36.2 Å². The van der Waals surface area contributed by atoms with E-state index in [9.17, 15) is 24.8 Å². The summed E-state index contributed by atoms with van der Waals surface area (Å²) < 4.78 is 0. The number of phenolic OH excluding ortho intramolecular Hbond substituents is 1. The summed E-state index contributed by atoms with van der Waals surface area (Å²) >= 11 is 6.28. The number of non-ortho nitro benzene ring substituents is 1. The molecule has 29 heavy (non-hydrogen) atoms. The number of Topliss-reactive ketones (excluding diaryl/α,β-unsaturated/α-hetero) is 1. The zero-order valence-electron chi connectivity index (χ0n) is 15.3. The summed E-state index contributed by atoms with van der Waals surface area (Å²) in [5.41, 5.74) is 2.14. The van der Waals surface area contributed by atoms with Crippen LogP contribution in [-0.4, -0.2) is 21.7 Å². The Morgan fingerprint density at radius 3 is 2.48 bits per heavy atom. The molecule has 4 rings (SSSR count). The first-order valence-electron chi connectivity index (χ1n) is 9.19. The molecule has 148 valence electrons. The van der Waals surface area contributed by atoms with Crippen molar-refractivity contribution in [3.63, 3.8) is 0 Å². The highest BCUT2D eigenvalue weighted by Crippen LogP contribution is 2.45. The highest BCUT2D eigenvalue weighted by Gasteiger charge is 2.40. The van der Waals surface area contributed by atoms with Gasteiger partial charge in [-0.3, -0.25) is 24.6 Å². The minimum absolute atomic E-state index is 0.0140. The summed E-state index contributed by atoms with van der Waals surface area (Å²) in [6.45, 7) is 0. The lowest BCUT2D eigenvalue weighted by molar-refractivity contribution is -0.384. The molecule has 2 aromatic rings. The summed E-state index contributed by atoms with van der Waals surface area (Å²) in [6, 6.07) is 10.5. The van der Waals surface area contributed by atoms with Crippen molar-refractivity contribution in [1.82, 2.24) is 0 Å². The van der Waals surface area contributed by atoms with E-state index in [-0.39, 0.29) is 40.5 Å². The fourth-order valence-corrected chi connectivity index (χ4v) is 4.31. The van der Waals surface area contributed by atoms with Crippen LogP contribution in [0.5, 0.6) is 5.75 Å². The van der Waals surface area contributed by atoms with Crippen molar-refractivity contribution >= 4 is 34.7 Å². The lowest BCUT2D eigenvalue weighted by Crippen LogP contribution is -2.40. The third kappa shape index (κ3) is 3.38. The molecular formula is C21H17ClN2O5. The number of aromatic hydroxyl groups is 1. The van der Waals surface area contributed by atoms with Crippen molar-refractivity contribution in [2.24, 2.45) is 0 Å². The Labute approximate surface area is 171 Å². The SMILES string of the molecule is O=C1CCCC2=C1C(c1ccc(O)cc1)CC(=O)N2c1ccc([N+](=O)[O-])cc1Cl. The molecule has 0 fully saturated rings. The number of nitrogens with zero attached hydrogens (tertiary/aromatic N) is 2. The van der Waals surface area contributed by atoms with Crippen LogP contribution in [0.25, 0.3) is 0 Å². The van der Waals surface area contributed by atoms with Crippen LogP contribution in [0.4, 0.5) is 11.4 Å². The van der Waals surface area contributed by atoms with Crippen molar-refractivity contribution < 1.29 is 19.6 Å². The van der Waals surface area contributed by atoms with E-state index in [0.717, 1.165) is 5.56 Å². The summed E-state index contributed by atoms with van der Waals surface area (Å²) in [5, 5.41) is 20.6. The second-order valence-corrected chi connectivity index (χ2v) is 7.51. The van der Waals surface area contributed by atoms with Gasteiger partial charge in [0.25, 0.3) is 5.69 Å². The zero-order chi connectivity index (χ0) is 20.7. The van der Waals surface area contributed by atoms with Gasteiger partial charge < -0.3 is 5.11 Å². The number of carbonyl (C=O) groups excluding carboxylic acids is 2. The number of phenols is 1. The minimum atomic E-state index is -0.552. The maximum Gasteiger partial charge on any atom is 0.271 e. The maximum absolute atomic E-state index is 13.1. The molecule has 1 unspecified atom stereocenters. The first kappa shape index (κ1) is 19.1. The van der Waals surface area contributed by atoms with Crippen molar-refractivity contribution in [1.29, 1.82) is 0 Å². The Balaban J connectivity index is 1.84. The topological polar surface area (TPSA) is 101 Å². The first-order valence-corrected chi connectivity index (χ1v) is 9.56. The molecule has 1 N–H and O–H groups in total. The second kappa shape index (κ2) is 7.33. The van der Waals surface area contributed by atoms with Crippen LogP contribution in [0.15, 0.2) is 53.7 Å². The monoisotopic (exact) mass is 412 g/mol. The molecule has 8 heteroatoms. The second-order valence-electron chi connectivity index (χ2n) is 7.11. The molecule has 0 spiro atoms. The molecule has 0 radical (unpaired) electrons. The van der Waals surface area contributed by atoms with Gasteiger partial charge in [-0.1, -0.05) is 23.7 Å². The Bertz CT molecular complexity index is 1060. The lowest BCUT2D eigenvalue weighted by atomic mass is 9.77.